The molecule has 0 spiro atoms. The van der Waals surface area contributed by atoms with Gasteiger partial charge in [0, 0.05) is 23.2 Å². The number of carboxylic acid groups (broad SMARTS) is 1. The third-order valence-electron chi connectivity index (χ3n) is 4.09. The van der Waals surface area contributed by atoms with Crippen molar-refractivity contribution in [2.45, 2.75) is 38.3 Å². The highest BCUT2D eigenvalue weighted by Gasteiger charge is 2.26. The van der Waals surface area contributed by atoms with Crippen molar-refractivity contribution in [2.24, 2.45) is 5.92 Å². The summed E-state index contributed by atoms with van der Waals surface area (Å²) >= 11 is 5.95. The van der Waals surface area contributed by atoms with E-state index in [-0.39, 0.29) is 18.0 Å². The molecule has 0 unspecified atom stereocenters. The van der Waals surface area contributed by atoms with Crippen LogP contribution in [0.2, 0.25) is 5.02 Å². The van der Waals surface area contributed by atoms with Crippen molar-refractivity contribution >= 4 is 23.6 Å². The Morgan fingerprint density at radius 1 is 1.30 bits per heavy atom. The molecular weight excluding hydrogens is 320 g/mol. The minimum atomic E-state index is -0.749. The number of hydrogen-bond donors (Lipinski definition) is 3. The predicted molar refractivity (Wildman–Crippen MR) is 86.8 cm³/mol. The summed E-state index contributed by atoms with van der Waals surface area (Å²) in [6.45, 7) is 0.306. The predicted octanol–water partition coefficient (Wildman–Crippen LogP) is 2.79. The lowest BCUT2D eigenvalue weighted by molar-refractivity contribution is -0.142. The summed E-state index contributed by atoms with van der Waals surface area (Å²) < 4.78 is 5.23. The lowest BCUT2D eigenvalue weighted by Gasteiger charge is -2.26. The Bertz CT molecular complexity index is 571. The van der Waals surface area contributed by atoms with Gasteiger partial charge in [0.05, 0.1) is 13.0 Å². The van der Waals surface area contributed by atoms with Gasteiger partial charge in [-0.3, -0.25) is 4.79 Å². The average molecular weight is 341 g/mol. The number of aliphatic carboxylic acids is 1. The van der Waals surface area contributed by atoms with E-state index in [1.165, 1.54) is 0 Å². The number of urea groups is 1. The summed E-state index contributed by atoms with van der Waals surface area (Å²) in [6.07, 6.45) is 2.57. The van der Waals surface area contributed by atoms with E-state index in [2.05, 4.69) is 10.6 Å². The number of carbonyl (C=O) groups excluding carboxylic acids is 1. The molecule has 3 N–H and O–H groups in total. The minimum absolute atomic E-state index is 0.0202. The van der Waals surface area contributed by atoms with Gasteiger partial charge in [0.1, 0.15) is 5.75 Å². The second-order valence-electron chi connectivity index (χ2n) is 5.67. The molecule has 1 aliphatic carbocycles. The maximum absolute atomic E-state index is 12.0. The van der Waals surface area contributed by atoms with Crippen molar-refractivity contribution in [3.63, 3.8) is 0 Å². The molecule has 6 nitrogen and oxygen atoms in total. The second kappa shape index (κ2) is 8.06. The van der Waals surface area contributed by atoms with Gasteiger partial charge in [0.2, 0.25) is 0 Å². The Hall–Kier alpha value is -1.95. The number of halogens is 1. The number of amides is 2. The number of ether oxygens (including phenoxy) is 1. The van der Waals surface area contributed by atoms with Crippen LogP contribution in [0.1, 0.15) is 31.2 Å². The molecule has 126 valence electrons. The van der Waals surface area contributed by atoms with Crippen molar-refractivity contribution in [3.8, 4) is 5.75 Å². The van der Waals surface area contributed by atoms with Gasteiger partial charge in [0.15, 0.2) is 0 Å². The molecule has 0 heterocycles. The first-order valence-electron chi connectivity index (χ1n) is 7.59. The van der Waals surface area contributed by atoms with Gasteiger partial charge in [-0.25, -0.2) is 4.79 Å². The Labute approximate surface area is 140 Å². The van der Waals surface area contributed by atoms with Crippen molar-refractivity contribution in [3.05, 3.63) is 28.8 Å². The fourth-order valence-electron chi connectivity index (χ4n) is 2.78. The Balaban J connectivity index is 1.80. The van der Waals surface area contributed by atoms with Crippen LogP contribution >= 0.6 is 11.6 Å². The van der Waals surface area contributed by atoms with Gasteiger partial charge in [-0.05, 0) is 43.9 Å². The Morgan fingerprint density at radius 2 is 2.00 bits per heavy atom. The van der Waals surface area contributed by atoms with E-state index in [0.717, 1.165) is 5.56 Å². The second-order valence-corrected chi connectivity index (χ2v) is 6.11. The number of carbonyl (C=O) groups is 2. The molecule has 2 amide bonds. The third kappa shape index (κ3) is 5.03. The zero-order valence-electron chi connectivity index (χ0n) is 13.0. The van der Waals surface area contributed by atoms with Crippen LogP contribution in [0.4, 0.5) is 4.79 Å². The number of rotatable bonds is 5. The standard InChI is InChI=1S/C16H21ClN2O4/c1-23-14-7-4-12(17)8-11(14)9-18-16(22)19-13-5-2-10(3-6-13)15(20)21/h4,7-8,10,13H,2-3,5-6,9H2,1H3,(H,20,21)(H2,18,19,22). The fraction of sp³-hybridized carbons (Fsp3) is 0.500. The van der Waals surface area contributed by atoms with Crippen molar-refractivity contribution in [2.75, 3.05) is 7.11 Å². The van der Waals surface area contributed by atoms with Crippen LogP contribution in [0.5, 0.6) is 5.75 Å². The molecule has 0 saturated heterocycles. The quantitative estimate of drug-likeness (QED) is 0.769. The highest BCUT2D eigenvalue weighted by Crippen LogP contribution is 2.24. The maximum atomic E-state index is 12.0. The molecule has 1 aliphatic rings. The van der Waals surface area contributed by atoms with Crippen LogP contribution in [-0.2, 0) is 11.3 Å². The molecule has 1 aromatic rings. The molecular formula is C16H21ClN2O4. The molecule has 7 heteroatoms. The van der Waals surface area contributed by atoms with Crippen LogP contribution in [0.3, 0.4) is 0 Å². The van der Waals surface area contributed by atoms with Crippen molar-refractivity contribution in [1.29, 1.82) is 0 Å². The first-order chi connectivity index (χ1) is 11.0. The van der Waals surface area contributed by atoms with Crippen LogP contribution in [0, 0.1) is 5.92 Å². The van der Waals surface area contributed by atoms with Gasteiger partial charge < -0.3 is 20.5 Å². The third-order valence-corrected chi connectivity index (χ3v) is 4.33. The number of hydrogen-bond acceptors (Lipinski definition) is 3. The molecule has 1 fully saturated rings. The summed E-state index contributed by atoms with van der Waals surface area (Å²) in [5, 5.41) is 15.2. The highest BCUT2D eigenvalue weighted by atomic mass is 35.5. The normalized spacial score (nSPS) is 20.6. The summed E-state index contributed by atoms with van der Waals surface area (Å²) in [4.78, 5) is 22.9. The fourth-order valence-corrected chi connectivity index (χ4v) is 2.98. The maximum Gasteiger partial charge on any atom is 0.315 e. The summed E-state index contributed by atoms with van der Waals surface area (Å²) in [7, 11) is 1.56. The summed E-state index contributed by atoms with van der Waals surface area (Å²) in [5.41, 5.74) is 0.796. The van der Waals surface area contributed by atoms with Gasteiger partial charge in [-0.2, -0.15) is 0 Å². The summed E-state index contributed by atoms with van der Waals surface area (Å²) in [6, 6.07) is 4.98. The molecule has 1 aromatic carbocycles. The van der Waals surface area contributed by atoms with Crippen LogP contribution in [0.15, 0.2) is 18.2 Å². The van der Waals surface area contributed by atoms with E-state index in [1.54, 1.807) is 25.3 Å². The van der Waals surface area contributed by atoms with Crippen LogP contribution < -0.4 is 15.4 Å². The number of carboxylic acids is 1. The van der Waals surface area contributed by atoms with Gasteiger partial charge in [-0.15, -0.1) is 0 Å². The van der Waals surface area contributed by atoms with E-state index in [9.17, 15) is 9.59 Å². The zero-order valence-corrected chi connectivity index (χ0v) is 13.7. The van der Waals surface area contributed by atoms with Gasteiger partial charge in [-0.1, -0.05) is 11.6 Å². The Morgan fingerprint density at radius 3 is 2.61 bits per heavy atom. The van der Waals surface area contributed by atoms with Gasteiger partial charge in [0.25, 0.3) is 0 Å². The molecule has 0 radical (unpaired) electrons. The topological polar surface area (TPSA) is 87.7 Å². The molecule has 1 saturated carbocycles. The lowest BCUT2D eigenvalue weighted by atomic mass is 9.86. The zero-order chi connectivity index (χ0) is 16.8. The molecule has 2 rings (SSSR count). The minimum Gasteiger partial charge on any atom is -0.496 e. The smallest absolute Gasteiger partial charge is 0.315 e. The van der Waals surface area contributed by atoms with E-state index < -0.39 is 5.97 Å². The van der Waals surface area contributed by atoms with Crippen molar-refractivity contribution in [1.82, 2.24) is 10.6 Å². The molecule has 23 heavy (non-hydrogen) atoms. The summed E-state index contributed by atoms with van der Waals surface area (Å²) in [5.74, 6) is -0.371. The molecule has 0 aliphatic heterocycles. The first kappa shape index (κ1) is 17.4. The van der Waals surface area contributed by atoms with Crippen LogP contribution in [0.25, 0.3) is 0 Å². The van der Waals surface area contributed by atoms with Crippen LogP contribution in [-0.4, -0.2) is 30.3 Å². The monoisotopic (exact) mass is 340 g/mol. The highest BCUT2D eigenvalue weighted by molar-refractivity contribution is 6.30. The number of nitrogens with one attached hydrogen (secondary N) is 2. The SMILES string of the molecule is COc1ccc(Cl)cc1CNC(=O)NC1CCC(C(=O)O)CC1. The molecule has 0 aromatic heterocycles. The Kier molecular flexibility index (Phi) is 6.10. The van der Waals surface area contributed by atoms with E-state index >= 15 is 0 Å². The van der Waals surface area contributed by atoms with Gasteiger partial charge >= 0.3 is 12.0 Å². The average Bonchev–Trinajstić information content (AvgIpc) is 2.53. The molecule has 0 atom stereocenters. The first-order valence-corrected chi connectivity index (χ1v) is 7.97. The number of methoxy groups -OCH3 is 1. The van der Waals surface area contributed by atoms with Crippen molar-refractivity contribution < 1.29 is 19.4 Å². The number of benzene rings is 1. The van der Waals surface area contributed by atoms with E-state index in [1.807, 2.05) is 0 Å². The van der Waals surface area contributed by atoms with E-state index in [4.69, 9.17) is 21.4 Å². The molecule has 0 bridgehead atoms. The van der Waals surface area contributed by atoms with E-state index in [0.29, 0.717) is 43.0 Å². The lowest BCUT2D eigenvalue weighted by Crippen LogP contribution is -2.43. The largest absolute Gasteiger partial charge is 0.496 e.